The molecule has 0 aliphatic carbocycles. The van der Waals surface area contributed by atoms with Crippen molar-refractivity contribution in [3.05, 3.63) is 34.6 Å². The third-order valence-electron chi connectivity index (χ3n) is 4.06. The van der Waals surface area contributed by atoms with Crippen LogP contribution in [-0.2, 0) is 16.0 Å². The summed E-state index contributed by atoms with van der Waals surface area (Å²) in [5, 5.41) is 2.03. The van der Waals surface area contributed by atoms with E-state index in [-0.39, 0.29) is 11.8 Å². The highest BCUT2D eigenvalue weighted by molar-refractivity contribution is 7.71. The van der Waals surface area contributed by atoms with Gasteiger partial charge in [-0.2, -0.15) is 5.01 Å². The molecule has 0 saturated carbocycles. The van der Waals surface area contributed by atoms with E-state index < -0.39 is 10.8 Å². The lowest BCUT2D eigenvalue weighted by Crippen LogP contribution is -2.54. The fourth-order valence-electron chi connectivity index (χ4n) is 2.53. The zero-order chi connectivity index (χ0) is 19.9. The number of aromatic nitrogens is 2. The molecule has 26 heavy (non-hydrogen) atoms. The van der Waals surface area contributed by atoms with Crippen molar-refractivity contribution in [2.75, 3.05) is 5.01 Å². The van der Waals surface area contributed by atoms with Gasteiger partial charge in [-0.1, -0.05) is 60.7 Å². The maximum Gasteiger partial charge on any atom is 0.254 e. The van der Waals surface area contributed by atoms with Crippen molar-refractivity contribution in [2.24, 2.45) is 10.8 Å². The second kappa shape index (κ2) is 6.91. The Morgan fingerprint density at radius 1 is 1.12 bits per heavy atom. The number of amides is 2. The van der Waals surface area contributed by atoms with E-state index >= 15 is 0 Å². The highest BCUT2D eigenvalue weighted by Gasteiger charge is 2.39. The fourth-order valence-corrected chi connectivity index (χ4v) is 2.90. The molecule has 0 bridgehead atoms. The van der Waals surface area contributed by atoms with Crippen molar-refractivity contribution >= 4 is 35.1 Å². The molecule has 0 aliphatic heterocycles. The molecule has 0 radical (unpaired) electrons. The number of hydrogen-bond acceptors (Lipinski definition) is 4. The van der Waals surface area contributed by atoms with Crippen LogP contribution in [0.3, 0.4) is 0 Å². The Bertz CT molecular complexity index is 891. The van der Waals surface area contributed by atoms with Crippen LogP contribution in [0.1, 0.15) is 54.0 Å². The number of rotatable bonds is 2. The molecule has 2 amide bonds. The second-order valence-electron chi connectivity index (χ2n) is 8.48. The van der Waals surface area contributed by atoms with Crippen LogP contribution >= 0.6 is 12.2 Å². The molecule has 0 aromatic carbocycles. The number of carbonyl (C=O) groups is 2. The Morgan fingerprint density at radius 3 is 2.12 bits per heavy atom. The van der Waals surface area contributed by atoms with Crippen LogP contribution in [0.25, 0.3) is 11.0 Å². The van der Waals surface area contributed by atoms with Gasteiger partial charge >= 0.3 is 0 Å². The van der Waals surface area contributed by atoms with E-state index in [4.69, 9.17) is 12.2 Å². The molecule has 5 nitrogen and oxygen atoms in total. The fraction of sp³-hybridized carbons (Fsp3) is 0.500. The number of hydrogen-bond donors (Lipinski definition) is 0. The average molecular weight is 374 g/mol. The SMILES string of the molecule is CCc1cc2cccnc2n(N(C(=O)C(C)(C)C)C(=O)C(C)(C)C)c1=S. The normalized spacial score (nSPS) is 12.3. The zero-order valence-electron chi connectivity index (χ0n) is 16.6. The minimum Gasteiger partial charge on any atom is -0.272 e. The molecule has 2 aromatic rings. The lowest BCUT2D eigenvalue weighted by Gasteiger charge is -2.34. The van der Waals surface area contributed by atoms with Crippen molar-refractivity contribution in [3.8, 4) is 0 Å². The Balaban J connectivity index is 2.93. The molecule has 6 heteroatoms. The molecule has 2 heterocycles. The molecular weight excluding hydrogens is 346 g/mol. The molecule has 0 saturated heterocycles. The summed E-state index contributed by atoms with van der Waals surface area (Å²) >= 11 is 5.66. The molecule has 0 atom stereocenters. The van der Waals surface area contributed by atoms with Crippen molar-refractivity contribution < 1.29 is 9.59 Å². The first-order chi connectivity index (χ1) is 11.9. The first-order valence-electron chi connectivity index (χ1n) is 8.78. The Kier molecular flexibility index (Phi) is 5.38. The van der Waals surface area contributed by atoms with E-state index in [1.165, 1.54) is 9.69 Å². The van der Waals surface area contributed by atoms with Crippen LogP contribution in [0, 0.1) is 15.5 Å². The molecular formula is C20H27N3O2S. The first kappa shape index (κ1) is 20.2. The van der Waals surface area contributed by atoms with E-state index in [1.807, 2.05) is 25.1 Å². The molecule has 0 spiro atoms. The summed E-state index contributed by atoms with van der Waals surface area (Å²) in [4.78, 5) is 30.9. The van der Waals surface area contributed by atoms with Crippen LogP contribution in [0.15, 0.2) is 24.4 Å². The van der Waals surface area contributed by atoms with Gasteiger partial charge < -0.3 is 0 Å². The van der Waals surface area contributed by atoms with Gasteiger partial charge in [-0.05, 0) is 30.2 Å². The lowest BCUT2D eigenvalue weighted by molar-refractivity contribution is -0.137. The van der Waals surface area contributed by atoms with Crippen molar-refractivity contribution in [1.29, 1.82) is 0 Å². The van der Waals surface area contributed by atoms with Crippen LogP contribution in [0.2, 0.25) is 0 Å². The number of fused-ring (bicyclic) bond motifs is 1. The zero-order valence-corrected chi connectivity index (χ0v) is 17.4. The van der Waals surface area contributed by atoms with E-state index in [9.17, 15) is 9.59 Å². The van der Waals surface area contributed by atoms with Gasteiger partial charge in [-0.15, -0.1) is 0 Å². The van der Waals surface area contributed by atoms with E-state index in [0.29, 0.717) is 16.7 Å². The topological polar surface area (TPSA) is 55.2 Å². The standard InChI is InChI=1S/C20H27N3O2S/c1-8-13-12-14-10-9-11-21-15(14)22(16(13)26)23(17(24)19(2,3)4)18(25)20(5,6)7/h9-12H,8H2,1-7H3. The van der Waals surface area contributed by atoms with Crippen LogP contribution in [0.5, 0.6) is 0 Å². The van der Waals surface area contributed by atoms with Gasteiger partial charge in [-0.25, -0.2) is 9.66 Å². The third-order valence-corrected chi connectivity index (χ3v) is 4.50. The van der Waals surface area contributed by atoms with Crippen LogP contribution < -0.4 is 5.01 Å². The first-order valence-corrected chi connectivity index (χ1v) is 9.19. The van der Waals surface area contributed by atoms with Crippen LogP contribution in [0.4, 0.5) is 0 Å². The summed E-state index contributed by atoms with van der Waals surface area (Å²) in [6.45, 7) is 12.8. The summed E-state index contributed by atoms with van der Waals surface area (Å²) in [6.07, 6.45) is 2.34. The average Bonchev–Trinajstić information content (AvgIpc) is 2.54. The van der Waals surface area contributed by atoms with Gasteiger partial charge in [0.2, 0.25) is 0 Å². The highest BCUT2D eigenvalue weighted by Crippen LogP contribution is 2.26. The maximum atomic E-state index is 13.3. The second-order valence-corrected chi connectivity index (χ2v) is 8.87. The van der Waals surface area contributed by atoms with Gasteiger partial charge in [0.15, 0.2) is 5.65 Å². The molecule has 0 unspecified atom stereocenters. The maximum absolute atomic E-state index is 13.3. The van der Waals surface area contributed by atoms with Crippen molar-refractivity contribution in [3.63, 3.8) is 0 Å². The third kappa shape index (κ3) is 3.70. The molecule has 2 rings (SSSR count). The van der Waals surface area contributed by atoms with Crippen molar-refractivity contribution in [2.45, 2.75) is 54.9 Å². The van der Waals surface area contributed by atoms with Crippen LogP contribution in [-0.4, -0.2) is 21.5 Å². The quantitative estimate of drug-likeness (QED) is 0.732. The van der Waals surface area contributed by atoms with E-state index in [1.54, 1.807) is 47.7 Å². The molecule has 140 valence electrons. The minimum absolute atomic E-state index is 0.311. The number of pyridine rings is 2. The smallest absolute Gasteiger partial charge is 0.254 e. The molecule has 0 N–H and O–H groups in total. The predicted molar refractivity (Wildman–Crippen MR) is 107 cm³/mol. The molecule has 0 aliphatic rings. The van der Waals surface area contributed by atoms with E-state index in [0.717, 1.165) is 10.9 Å². The van der Waals surface area contributed by atoms with E-state index in [2.05, 4.69) is 4.98 Å². The molecule has 0 fully saturated rings. The predicted octanol–water partition coefficient (Wildman–Crippen LogP) is 4.41. The number of carbonyl (C=O) groups excluding carboxylic acids is 2. The highest BCUT2D eigenvalue weighted by atomic mass is 32.1. The van der Waals surface area contributed by atoms with Gasteiger partial charge in [0.1, 0.15) is 4.64 Å². The van der Waals surface area contributed by atoms with Gasteiger partial charge in [-0.3, -0.25) is 9.59 Å². The van der Waals surface area contributed by atoms with Gasteiger partial charge in [0, 0.05) is 22.4 Å². The number of aryl methyl sites for hydroxylation is 1. The lowest BCUT2D eigenvalue weighted by atomic mass is 9.91. The summed E-state index contributed by atoms with van der Waals surface area (Å²) in [6, 6.07) is 5.72. The Hall–Kier alpha value is -2.08. The van der Waals surface area contributed by atoms with Gasteiger partial charge in [0.05, 0.1) is 0 Å². The monoisotopic (exact) mass is 373 g/mol. The van der Waals surface area contributed by atoms with Gasteiger partial charge in [0.25, 0.3) is 11.8 Å². The number of nitrogens with zero attached hydrogens (tertiary/aromatic N) is 3. The summed E-state index contributed by atoms with van der Waals surface area (Å²) < 4.78 is 1.96. The number of imide groups is 1. The van der Waals surface area contributed by atoms with Crippen molar-refractivity contribution in [1.82, 2.24) is 9.66 Å². The molecule has 2 aromatic heterocycles. The summed E-state index contributed by atoms with van der Waals surface area (Å²) in [7, 11) is 0. The minimum atomic E-state index is -0.751. The Morgan fingerprint density at radius 2 is 1.65 bits per heavy atom. The summed E-state index contributed by atoms with van der Waals surface area (Å²) in [5.41, 5.74) is -0.100. The summed E-state index contributed by atoms with van der Waals surface area (Å²) in [5.74, 6) is -0.623. The Labute approximate surface area is 160 Å². The largest absolute Gasteiger partial charge is 0.272 e.